The van der Waals surface area contributed by atoms with E-state index in [2.05, 4.69) is 15.0 Å². The molecule has 0 N–H and O–H groups in total. The number of Topliss-reactive ketones (excluding diaryl/α,β-unsaturated/α-hetero) is 1. The van der Waals surface area contributed by atoms with Crippen molar-refractivity contribution in [1.29, 1.82) is 0 Å². The van der Waals surface area contributed by atoms with Crippen LogP contribution in [0.25, 0.3) is 11.2 Å². The Hall–Kier alpha value is -3.41. The molecular formula is C20H24N4O8. The molecule has 1 fully saturated rings. The Labute approximate surface area is 183 Å². The van der Waals surface area contributed by atoms with E-state index in [9.17, 15) is 19.2 Å². The number of rotatable bonds is 7. The molecule has 172 valence electrons. The second-order valence-corrected chi connectivity index (χ2v) is 7.58. The van der Waals surface area contributed by atoms with E-state index in [0.29, 0.717) is 0 Å². The summed E-state index contributed by atoms with van der Waals surface area (Å²) in [6.45, 7) is 6.88. The number of fused-ring (bicyclic) bond motifs is 1. The highest BCUT2D eigenvalue weighted by Crippen LogP contribution is 2.36. The Morgan fingerprint density at radius 3 is 2.25 bits per heavy atom. The first-order valence-corrected chi connectivity index (χ1v) is 9.95. The normalized spacial score (nSPS) is 22.7. The molecule has 2 aromatic heterocycles. The first-order chi connectivity index (χ1) is 15.1. The minimum atomic E-state index is -1.09. The fourth-order valence-electron chi connectivity index (χ4n) is 3.41. The summed E-state index contributed by atoms with van der Waals surface area (Å²) in [5.41, 5.74) is 0.670. The number of hydrogen-bond donors (Lipinski definition) is 0. The molecule has 3 rings (SSSR count). The van der Waals surface area contributed by atoms with Gasteiger partial charge in [-0.15, -0.1) is 0 Å². The van der Waals surface area contributed by atoms with Crippen LogP contribution in [0.3, 0.4) is 0 Å². The molecule has 0 aliphatic carbocycles. The van der Waals surface area contributed by atoms with Gasteiger partial charge in [0.25, 0.3) is 0 Å². The van der Waals surface area contributed by atoms with Crippen LogP contribution in [0, 0.1) is 5.92 Å². The zero-order valence-corrected chi connectivity index (χ0v) is 18.3. The molecule has 1 saturated heterocycles. The topological polar surface area (TPSA) is 149 Å². The molecule has 0 aromatic carbocycles. The van der Waals surface area contributed by atoms with E-state index >= 15 is 0 Å². The van der Waals surface area contributed by atoms with Gasteiger partial charge in [0, 0.05) is 26.7 Å². The summed E-state index contributed by atoms with van der Waals surface area (Å²) in [7, 11) is 0. The maximum atomic E-state index is 12.5. The number of aromatic nitrogens is 4. The molecule has 2 aromatic rings. The molecule has 0 amide bonds. The third kappa shape index (κ3) is 4.74. The van der Waals surface area contributed by atoms with E-state index < -0.39 is 42.4 Å². The quantitative estimate of drug-likeness (QED) is 0.339. The maximum absolute atomic E-state index is 12.5. The summed E-state index contributed by atoms with van der Waals surface area (Å²) in [5, 5.41) is 0. The van der Waals surface area contributed by atoms with E-state index in [1.54, 1.807) is 13.8 Å². The molecule has 0 saturated carbocycles. The molecule has 3 heterocycles. The van der Waals surface area contributed by atoms with Crippen molar-refractivity contribution < 1.29 is 38.1 Å². The highest BCUT2D eigenvalue weighted by Gasteiger charge is 2.51. The van der Waals surface area contributed by atoms with Crippen LogP contribution in [0.5, 0.6) is 0 Å². The van der Waals surface area contributed by atoms with Crippen LogP contribution >= 0.6 is 0 Å². The fourth-order valence-corrected chi connectivity index (χ4v) is 3.41. The second kappa shape index (κ2) is 9.39. The van der Waals surface area contributed by atoms with Gasteiger partial charge in [-0.25, -0.2) is 15.0 Å². The Kier molecular flexibility index (Phi) is 6.82. The van der Waals surface area contributed by atoms with E-state index in [1.165, 1.54) is 38.0 Å². The Morgan fingerprint density at radius 1 is 1.00 bits per heavy atom. The largest absolute Gasteiger partial charge is 0.463 e. The summed E-state index contributed by atoms with van der Waals surface area (Å²) in [5.74, 6) is -2.34. The molecule has 32 heavy (non-hydrogen) atoms. The molecule has 0 radical (unpaired) electrons. The van der Waals surface area contributed by atoms with Crippen molar-refractivity contribution >= 4 is 34.9 Å². The number of carbonyl (C=O) groups is 4. The average Bonchev–Trinajstić information content (AvgIpc) is 3.27. The van der Waals surface area contributed by atoms with Crippen LogP contribution in [0.15, 0.2) is 12.7 Å². The second-order valence-electron chi connectivity index (χ2n) is 7.58. The molecule has 1 aliphatic heterocycles. The minimum absolute atomic E-state index is 0.152. The molecule has 0 unspecified atom stereocenters. The van der Waals surface area contributed by atoms with Crippen molar-refractivity contribution in [3.05, 3.63) is 18.3 Å². The SMILES string of the molecule is CC(=O)OC[C@H]1O[C@@H](n2cnc3c(C(=O)C(C)C)ncnc32)[C@H](OC(C)=O)[C@@H]1OC(C)=O. The average molecular weight is 448 g/mol. The molecule has 1 aliphatic rings. The molecule has 12 nitrogen and oxygen atoms in total. The number of nitrogens with zero attached hydrogens (tertiary/aromatic N) is 4. The van der Waals surface area contributed by atoms with E-state index in [0.717, 1.165) is 0 Å². The summed E-state index contributed by atoms with van der Waals surface area (Å²) in [6, 6.07) is 0. The minimum Gasteiger partial charge on any atom is -0.463 e. The maximum Gasteiger partial charge on any atom is 0.303 e. The van der Waals surface area contributed by atoms with E-state index in [4.69, 9.17) is 18.9 Å². The molecule has 12 heteroatoms. The highest BCUT2D eigenvalue weighted by atomic mass is 16.7. The number of ketones is 1. The molecule has 4 atom stereocenters. The van der Waals surface area contributed by atoms with Gasteiger partial charge in [0.05, 0.1) is 6.33 Å². The third-order valence-corrected chi connectivity index (χ3v) is 4.73. The van der Waals surface area contributed by atoms with Gasteiger partial charge < -0.3 is 18.9 Å². The standard InChI is InChI=1S/C20H24N4O8/c1-9(2)16(28)14-15-19(22-7-21-14)24(8-23-15)20-18(31-12(5)27)17(30-11(4)26)13(32-20)6-29-10(3)25/h7-9,13,17-18,20H,6H2,1-5H3/t13-,17-,18-,20-/m1/s1. The summed E-state index contributed by atoms with van der Waals surface area (Å²) < 4.78 is 23.3. The lowest BCUT2D eigenvalue weighted by molar-refractivity contribution is -0.166. The van der Waals surface area contributed by atoms with E-state index in [-0.39, 0.29) is 35.2 Å². The lowest BCUT2D eigenvalue weighted by Crippen LogP contribution is -2.40. The van der Waals surface area contributed by atoms with Gasteiger partial charge in [0.2, 0.25) is 0 Å². The smallest absolute Gasteiger partial charge is 0.303 e. The van der Waals surface area contributed by atoms with Crippen LogP contribution in [0.2, 0.25) is 0 Å². The predicted octanol–water partition coefficient (Wildman–Crippen LogP) is 0.989. The number of ether oxygens (including phenoxy) is 4. The van der Waals surface area contributed by atoms with Gasteiger partial charge in [0.15, 0.2) is 29.9 Å². The third-order valence-electron chi connectivity index (χ3n) is 4.73. The van der Waals surface area contributed by atoms with Crippen molar-refractivity contribution in [2.75, 3.05) is 6.61 Å². The lowest BCUT2D eigenvalue weighted by atomic mass is 10.1. The van der Waals surface area contributed by atoms with Crippen LogP contribution in [-0.4, -0.2) is 68.1 Å². The Balaban J connectivity index is 2.05. The number of carbonyl (C=O) groups excluding carboxylic acids is 4. The fraction of sp³-hybridized carbons (Fsp3) is 0.550. The number of esters is 3. The molecule has 0 bridgehead atoms. The number of hydrogen-bond acceptors (Lipinski definition) is 11. The zero-order chi connectivity index (χ0) is 23.6. The van der Waals surface area contributed by atoms with Crippen molar-refractivity contribution in [2.24, 2.45) is 5.92 Å². The Bertz CT molecular complexity index is 1050. The lowest BCUT2D eigenvalue weighted by Gasteiger charge is -2.23. The van der Waals surface area contributed by atoms with Crippen LogP contribution in [0.4, 0.5) is 0 Å². The van der Waals surface area contributed by atoms with Gasteiger partial charge in [-0.05, 0) is 0 Å². The van der Waals surface area contributed by atoms with Crippen molar-refractivity contribution in [2.45, 2.75) is 59.2 Å². The highest BCUT2D eigenvalue weighted by molar-refractivity contribution is 6.04. The van der Waals surface area contributed by atoms with Crippen molar-refractivity contribution in [3.8, 4) is 0 Å². The van der Waals surface area contributed by atoms with Crippen LogP contribution in [0.1, 0.15) is 51.3 Å². The van der Waals surface area contributed by atoms with Gasteiger partial charge >= 0.3 is 17.9 Å². The van der Waals surface area contributed by atoms with Gasteiger partial charge in [-0.1, -0.05) is 13.8 Å². The van der Waals surface area contributed by atoms with Crippen molar-refractivity contribution in [3.63, 3.8) is 0 Å². The molecular weight excluding hydrogens is 424 g/mol. The summed E-state index contributed by atoms with van der Waals surface area (Å²) in [6.07, 6.45) is -1.49. The molecule has 0 spiro atoms. The van der Waals surface area contributed by atoms with Crippen molar-refractivity contribution in [1.82, 2.24) is 19.5 Å². The van der Waals surface area contributed by atoms with Crippen LogP contribution < -0.4 is 0 Å². The van der Waals surface area contributed by atoms with Gasteiger partial charge in [0.1, 0.15) is 30.2 Å². The van der Waals surface area contributed by atoms with Gasteiger partial charge in [-0.3, -0.25) is 23.7 Å². The first kappa shape index (κ1) is 23.3. The predicted molar refractivity (Wildman–Crippen MR) is 106 cm³/mol. The summed E-state index contributed by atoms with van der Waals surface area (Å²) in [4.78, 5) is 59.9. The summed E-state index contributed by atoms with van der Waals surface area (Å²) >= 11 is 0. The monoisotopic (exact) mass is 448 g/mol. The Morgan fingerprint density at radius 2 is 1.66 bits per heavy atom. The van der Waals surface area contributed by atoms with E-state index in [1.807, 2.05) is 0 Å². The van der Waals surface area contributed by atoms with Gasteiger partial charge in [-0.2, -0.15) is 0 Å². The first-order valence-electron chi connectivity index (χ1n) is 9.95. The van der Waals surface area contributed by atoms with Crippen LogP contribution in [-0.2, 0) is 33.3 Å². The number of imidazole rings is 1. The zero-order valence-electron chi connectivity index (χ0n) is 18.3.